The van der Waals surface area contributed by atoms with Gasteiger partial charge in [-0.3, -0.25) is 14.6 Å². The Balaban J connectivity index is 1.25. The molecule has 0 spiro atoms. The number of benzene rings is 1. The number of likely N-dealkylation sites (N-methyl/N-ethyl adjacent to an activating group) is 1. The lowest BCUT2D eigenvalue weighted by atomic mass is 9.92. The van der Waals surface area contributed by atoms with E-state index >= 15 is 0 Å². The first-order valence-electron chi connectivity index (χ1n) is 10.9. The summed E-state index contributed by atoms with van der Waals surface area (Å²) in [4.78, 5) is 33.5. The molecule has 1 saturated heterocycles. The van der Waals surface area contributed by atoms with Gasteiger partial charge in [-0.1, -0.05) is 6.07 Å². The van der Waals surface area contributed by atoms with Gasteiger partial charge in [-0.2, -0.15) is 0 Å². The third-order valence-corrected chi connectivity index (χ3v) is 6.05. The van der Waals surface area contributed by atoms with Gasteiger partial charge in [0.05, 0.1) is 0 Å². The van der Waals surface area contributed by atoms with E-state index in [1.807, 2.05) is 30.1 Å². The van der Waals surface area contributed by atoms with E-state index < -0.39 is 0 Å². The molecule has 0 unspecified atom stereocenters. The Morgan fingerprint density at radius 2 is 2.06 bits per heavy atom. The topological polar surface area (TPSA) is 72.0 Å². The summed E-state index contributed by atoms with van der Waals surface area (Å²) >= 11 is 0. The fourth-order valence-corrected chi connectivity index (χ4v) is 4.17. The maximum absolute atomic E-state index is 13.0. The van der Waals surface area contributed by atoms with Crippen LogP contribution in [0, 0.1) is 5.92 Å². The fraction of sp³-hybridized carbons (Fsp3) is 0.458. The zero-order valence-corrected chi connectivity index (χ0v) is 18.0. The highest BCUT2D eigenvalue weighted by Gasteiger charge is 2.26. The summed E-state index contributed by atoms with van der Waals surface area (Å²) in [6, 6.07) is 11.2. The van der Waals surface area contributed by atoms with Crippen LogP contribution in [0.5, 0.6) is 11.5 Å². The lowest BCUT2D eigenvalue weighted by Crippen LogP contribution is -2.40. The SMILES string of the molecule is CN(CCc1ccccn1)C(=O)CC[C@H]1CCCN(C(=O)c2ccc3c(c2)OCO3)C1. The van der Waals surface area contributed by atoms with Crippen LogP contribution in [0.1, 0.15) is 41.7 Å². The second kappa shape index (κ2) is 9.81. The summed E-state index contributed by atoms with van der Waals surface area (Å²) in [5.74, 6) is 1.81. The van der Waals surface area contributed by atoms with E-state index in [1.54, 1.807) is 29.3 Å². The summed E-state index contributed by atoms with van der Waals surface area (Å²) in [5.41, 5.74) is 1.61. The number of carbonyl (C=O) groups excluding carboxylic acids is 2. The van der Waals surface area contributed by atoms with Crippen molar-refractivity contribution in [2.24, 2.45) is 5.92 Å². The Morgan fingerprint density at radius 1 is 1.19 bits per heavy atom. The Labute approximate surface area is 183 Å². The molecule has 1 aromatic heterocycles. The third-order valence-electron chi connectivity index (χ3n) is 6.05. The number of likely N-dealkylation sites (tertiary alicyclic amines) is 1. The van der Waals surface area contributed by atoms with E-state index in [1.165, 1.54) is 0 Å². The molecule has 7 nitrogen and oxygen atoms in total. The van der Waals surface area contributed by atoms with Gasteiger partial charge in [0.15, 0.2) is 11.5 Å². The van der Waals surface area contributed by atoms with Gasteiger partial charge in [-0.25, -0.2) is 0 Å². The number of fused-ring (bicyclic) bond motifs is 1. The van der Waals surface area contributed by atoms with Crippen molar-refractivity contribution in [3.63, 3.8) is 0 Å². The van der Waals surface area contributed by atoms with Crippen LogP contribution < -0.4 is 9.47 Å². The zero-order valence-electron chi connectivity index (χ0n) is 18.0. The average Bonchev–Trinajstić information content (AvgIpc) is 3.29. The van der Waals surface area contributed by atoms with Gasteiger partial charge in [0.1, 0.15) is 0 Å². The molecule has 2 aliphatic heterocycles. The molecule has 1 atom stereocenters. The van der Waals surface area contributed by atoms with Gasteiger partial charge in [0.25, 0.3) is 5.91 Å². The molecular formula is C24H29N3O4. The molecule has 0 N–H and O–H groups in total. The summed E-state index contributed by atoms with van der Waals surface area (Å²) in [7, 11) is 1.85. The number of piperidine rings is 1. The number of amides is 2. The molecule has 31 heavy (non-hydrogen) atoms. The first-order valence-corrected chi connectivity index (χ1v) is 10.9. The molecule has 0 aliphatic carbocycles. The maximum Gasteiger partial charge on any atom is 0.254 e. The van der Waals surface area contributed by atoms with E-state index in [2.05, 4.69) is 4.98 Å². The predicted molar refractivity (Wildman–Crippen MR) is 116 cm³/mol. The highest BCUT2D eigenvalue weighted by molar-refractivity contribution is 5.95. The van der Waals surface area contributed by atoms with Crippen LogP contribution in [-0.4, -0.2) is 60.1 Å². The molecule has 0 bridgehead atoms. The Kier molecular flexibility index (Phi) is 6.70. The molecule has 1 fully saturated rings. The van der Waals surface area contributed by atoms with Gasteiger partial charge in [-0.05, 0) is 55.5 Å². The second-order valence-corrected chi connectivity index (χ2v) is 8.25. The van der Waals surface area contributed by atoms with Crippen molar-refractivity contribution < 1.29 is 19.1 Å². The van der Waals surface area contributed by atoms with Gasteiger partial charge in [-0.15, -0.1) is 0 Å². The van der Waals surface area contributed by atoms with Gasteiger partial charge in [0, 0.05) is 57.0 Å². The second-order valence-electron chi connectivity index (χ2n) is 8.25. The number of carbonyl (C=O) groups is 2. The summed E-state index contributed by atoms with van der Waals surface area (Å²) < 4.78 is 10.7. The number of hydrogen-bond acceptors (Lipinski definition) is 5. The van der Waals surface area contributed by atoms with Crippen molar-refractivity contribution >= 4 is 11.8 Å². The van der Waals surface area contributed by atoms with Crippen molar-refractivity contribution in [3.8, 4) is 11.5 Å². The molecule has 0 radical (unpaired) electrons. The van der Waals surface area contributed by atoms with Crippen molar-refractivity contribution in [1.29, 1.82) is 0 Å². The molecule has 4 rings (SSSR count). The number of nitrogens with zero attached hydrogens (tertiary/aromatic N) is 3. The van der Waals surface area contributed by atoms with Gasteiger partial charge in [0.2, 0.25) is 12.7 Å². The highest BCUT2D eigenvalue weighted by Crippen LogP contribution is 2.33. The highest BCUT2D eigenvalue weighted by atomic mass is 16.7. The van der Waals surface area contributed by atoms with E-state index in [9.17, 15) is 9.59 Å². The number of rotatable bonds is 7. The molecular weight excluding hydrogens is 394 g/mol. The lowest BCUT2D eigenvalue weighted by Gasteiger charge is -2.33. The predicted octanol–water partition coefficient (Wildman–Crippen LogP) is 3.14. The van der Waals surface area contributed by atoms with Crippen LogP contribution in [0.25, 0.3) is 0 Å². The third kappa shape index (κ3) is 5.34. The molecule has 1 aromatic carbocycles. The minimum absolute atomic E-state index is 0.0156. The maximum atomic E-state index is 13.0. The van der Waals surface area contributed by atoms with Crippen LogP contribution in [0.15, 0.2) is 42.6 Å². The molecule has 2 aliphatic rings. The number of ether oxygens (including phenoxy) is 2. The van der Waals surface area contributed by atoms with E-state index in [0.29, 0.717) is 42.5 Å². The van der Waals surface area contributed by atoms with E-state index in [0.717, 1.165) is 37.9 Å². The van der Waals surface area contributed by atoms with Gasteiger partial charge >= 0.3 is 0 Å². The van der Waals surface area contributed by atoms with Crippen LogP contribution in [0.2, 0.25) is 0 Å². The molecule has 3 heterocycles. The minimum atomic E-state index is 0.0156. The van der Waals surface area contributed by atoms with Gasteiger partial charge < -0.3 is 19.3 Å². The monoisotopic (exact) mass is 423 g/mol. The van der Waals surface area contributed by atoms with Crippen LogP contribution >= 0.6 is 0 Å². The Morgan fingerprint density at radius 3 is 2.90 bits per heavy atom. The first kappa shape index (κ1) is 21.2. The minimum Gasteiger partial charge on any atom is -0.454 e. The quantitative estimate of drug-likeness (QED) is 0.684. The summed E-state index contributed by atoms with van der Waals surface area (Å²) in [5, 5.41) is 0. The number of hydrogen-bond donors (Lipinski definition) is 0. The van der Waals surface area contributed by atoms with Crippen molar-refractivity contribution in [1.82, 2.24) is 14.8 Å². The van der Waals surface area contributed by atoms with Crippen LogP contribution in [-0.2, 0) is 11.2 Å². The summed E-state index contributed by atoms with van der Waals surface area (Å²) in [6.45, 7) is 2.30. The fourth-order valence-electron chi connectivity index (χ4n) is 4.17. The molecule has 7 heteroatoms. The average molecular weight is 424 g/mol. The molecule has 2 aromatic rings. The van der Waals surface area contributed by atoms with E-state index in [-0.39, 0.29) is 18.6 Å². The number of pyridine rings is 1. The molecule has 2 amide bonds. The number of aromatic nitrogens is 1. The van der Waals surface area contributed by atoms with E-state index in [4.69, 9.17) is 9.47 Å². The Bertz CT molecular complexity index is 918. The first-order chi connectivity index (χ1) is 15.1. The standard InChI is InChI=1S/C24H29N3O4/c1-26(14-11-20-6-2-3-12-25-20)23(28)10-7-18-5-4-13-27(16-18)24(29)19-8-9-21-22(15-19)31-17-30-21/h2-3,6,8-9,12,15,18H,4-5,7,10-11,13-14,16-17H2,1H3/t18-/m1/s1. The van der Waals surface area contributed by atoms with Crippen molar-refractivity contribution in [2.75, 3.05) is 33.5 Å². The molecule has 164 valence electrons. The summed E-state index contributed by atoms with van der Waals surface area (Å²) in [6.07, 6.45) is 5.86. The normalized spacial score (nSPS) is 17.5. The molecule has 0 saturated carbocycles. The smallest absolute Gasteiger partial charge is 0.254 e. The Hall–Kier alpha value is -3.09. The van der Waals surface area contributed by atoms with Crippen LogP contribution in [0.4, 0.5) is 0 Å². The lowest BCUT2D eigenvalue weighted by molar-refractivity contribution is -0.130. The largest absolute Gasteiger partial charge is 0.454 e. The van der Waals surface area contributed by atoms with Crippen molar-refractivity contribution in [3.05, 3.63) is 53.9 Å². The zero-order chi connectivity index (χ0) is 21.6. The van der Waals surface area contributed by atoms with Crippen LogP contribution in [0.3, 0.4) is 0 Å². The van der Waals surface area contributed by atoms with Crippen molar-refractivity contribution in [2.45, 2.75) is 32.1 Å².